The highest BCUT2D eigenvalue weighted by Gasteiger charge is 2.19. The molecular formula is C11H12ClFN2OS. The van der Waals surface area contributed by atoms with E-state index in [4.69, 9.17) is 29.6 Å². The van der Waals surface area contributed by atoms with Crippen LogP contribution in [-0.4, -0.2) is 10.9 Å². The molecule has 0 aliphatic rings. The van der Waals surface area contributed by atoms with Gasteiger partial charge in [-0.3, -0.25) is 4.79 Å². The summed E-state index contributed by atoms with van der Waals surface area (Å²) < 4.78 is 13.0. The lowest BCUT2D eigenvalue weighted by molar-refractivity contribution is -0.118. The van der Waals surface area contributed by atoms with Crippen LogP contribution in [0.25, 0.3) is 0 Å². The molecule has 1 unspecified atom stereocenters. The van der Waals surface area contributed by atoms with Crippen LogP contribution in [0.15, 0.2) is 18.2 Å². The first kappa shape index (κ1) is 13.9. The molecule has 1 rings (SSSR count). The van der Waals surface area contributed by atoms with Gasteiger partial charge in [0, 0.05) is 10.7 Å². The van der Waals surface area contributed by atoms with Crippen LogP contribution in [0.4, 0.5) is 10.1 Å². The summed E-state index contributed by atoms with van der Waals surface area (Å²) in [4.78, 5) is 11.9. The quantitative estimate of drug-likeness (QED) is 0.830. The SMILES string of the molecule is CCC(C(=O)Nc1cc(F)cc(Cl)c1)C(N)=S. The van der Waals surface area contributed by atoms with Gasteiger partial charge in [-0.15, -0.1) is 0 Å². The van der Waals surface area contributed by atoms with Crippen LogP contribution in [0.1, 0.15) is 13.3 Å². The largest absolute Gasteiger partial charge is 0.393 e. The van der Waals surface area contributed by atoms with Crippen molar-refractivity contribution in [1.82, 2.24) is 0 Å². The summed E-state index contributed by atoms with van der Waals surface area (Å²) in [6.07, 6.45) is 0.490. The van der Waals surface area contributed by atoms with Gasteiger partial charge in [-0.1, -0.05) is 30.7 Å². The zero-order valence-electron chi connectivity index (χ0n) is 9.17. The molecule has 3 nitrogen and oxygen atoms in total. The van der Waals surface area contributed by atoms with Gasteiger partial charge in [0.05, 0.1) is 10.9 Å². The minimum atomic E-state index is -0.563. The second kappa shape index (κ2) is 5.93. The number of rotatable bonds is 4. The number of halogens is 2. The Morgan fingerprint density at radius 2 is 2.24 bits per heavy atom. The summed E-state index contributed by atoms with van der Waals surface area (Å²) in [6, 6.07) is 3.78. The van der Waals surface area contributed by atoms with Crippen molar-refractivity contribution in [3.63, 3.8) is 0 Å². The van der Waals surface area contributed by atoms with E-state index in [1.165, 1.54) is 12.1 Å². The number of hydrogen-bond donors (Lipinski definition) is 2. The third-order valence-corrected chi connectivity index (χ3v) is 2.70. The Morgan fingerprint density at radius 3 is 2.71 bits per heavy atom. The van der Waals surface area contributed by atoms with Crippen LogP contribution in [0.2, 0.25) is 5.02 Å². The molecule has 1 aromatic rings. The maximum Gasteiger partial charge on any atom is 0.234 e. The average molecular weight is 275 g/mol. The first-order valence-electron chi connectivity index (χ1n) is 5.00. The van der Waals surface area contributed by atoms with E-state index in [1.54, 1.807) is 6.92 Å². The fourth-order valence-electron chi connectivity index (χ4n) is 1.37. The minimum Gasteiger partial charge on any atom is -0.393 e. The van der Waals surface area contributed by atoms with E-state index in [1.807, 2.05) is 0 Å². The maximum atomic E-state index is 13.0. The van der Waals surface area contributed by atoms with Gasteiger partial charge in [-0.05, 0) is 24.6 Å². The number of thiocarbonyl (C=S) groups is 1. The predicted octanol–water partition coefficient (Wildman–Crippen LogP) is 2.73. The third kappa shape index (κ3) is 3.94. The minimum absolute atomic E-state index is 0.118. The Kier molecular flexibility index (Phi) is 4.84. The molecule has 1 atom stereocenters. The molecule has 0 spiro atoms. The molecule has 0 bridgehead atoms. The van der Waals surface area contributed by atoms with Crippen molar-refractivity contribution in [2.75, 3.05) is 5.32 Å². The highest BCUT2D eigenvalue weighted by Crippen LogP contribution is 2.19. The van der Waals surface area contributed by atoms with E-state index in [0.717, 1.165) is 6.07 Å². The highest BCUT2D eigenvalue weighted by atomic mass is 35.5. The van der Waals surface area contributed by atoms with Gasteiger partial charge in [-0.2, -0.15) is 0 Å². The Labute approximate surface area is 109 Å². The number of carbonyl (C=O) groups excluding carboxylic acids is 1. The summed E-state index contributed by atoms with van der Waals surface area (Å²) >= 11 is 10.4. The van der Waals surface area contributed by atoms with Crippen molar-refractivity contribution in [1.29, 1.82) is 0 Å². The molecule has 0 aliphatic carbocycles. The number of carbonyl (C=O) groups is 1. The first-order chi connectivity index (χ1) is 7.93. The van der Waals surface area contributed by atoms with Gasteiger partial charge in [0.15, 0.2) is 0 Å². The van der Waals surface area contributed by atoms with Gasteiger partial charge in [0.25, 0.3) is 0 Å². The molecule has 1 aromatic carbocycles. The Balaban J connectivity index is 2.83. The standard InChI is InChI=1S/C11H12ClFN2OS/c1-2-9(10(14)17)11(16)15-8-4-6(12)3-7(13)5-8/h3-5,9H,2H2,1H3,(H2,14,17)(H,15,16). The van der Waals surface area contributed by atoms with Crippen molar-refractivity contribution < 1.29 is 9.18 Å². The highest BCUT2D eigenvalue weighted by molar-refractivity contribution is 7.80. The molecule has 0 fully saturated rings. The molecule has 0 aromatic heterocycles. The smallest absolute Gasteiger partial charge is 0.234 e. The van der Waals surface area contributed by atoms with Gasteiger partial charge in [0.2, 0.25) is 5.91 Å². The number of benzene rings is 1. The summed E-state index contributed by atoms with van der Waals surface area (Å²) in [6.45, 7) is 1.79. The molecule has 0 heterocycles. The van der Waals surface area contributed by atoms with Gasteiger partial charge < -0.3 is 11.1 Å². The van der Waals surface area contributed by atoms with E-state index < -0.39 is 11.7 Å². The third-order valence-electron chi connectivity index (χ3n) is 2.20. The molecule has 0 radical (unpaired) electrons. The lowest BCUT2D eigenvalue weighted by atomic mass is 10.1. The molecular weight excluding hydrogens is 263 g/mol. The number of nitrogens with one attached hydrogen (secondary N) is 1. The zero-order chi connectivity index (χ0) is 13.0. The van der Waals surface area contributed by atoms with Crippen LogP contribution >= 0.6 is 23.8 Å². The van der Waals surface area contributed by atoms with E-state index in [0.29, 0.717) is 6.42 Å². The number of nitrogens with two attached hydrogens (primary N) is 1. The molecule has 17 heavy (non-hydrogen) atoms. The summed E-state index contributed by atoms with van der Waals surface area (Å²) in [5.41, 5.74) is 5.72. The van der Waals surface area contributed by atoms with E-state index >= 15 is 0 Å². The topological polar surface area (TPSA) is 55.1 Å². The zero-order valence-corrected chi connectivity index (χ0v) is 10.7. The van der Waals surface area contributed by atoms with Crippen molar-refractivity contribution >= 4 is 40.4 Å². The Bertz CT molecular complexity index is 433. The number of anilines is 1. The number of amides is 1. The lowest BCUT2D eigenvalue weighted by Gasteiger charge is -2.13. The van der Waals surface area contributed by atoms with Gasteiger partial charge in [-0.25, -0.2) is 4.39 Å². The first-order valence-corrected chi connectivity index (χ1v) is 5.79. The number of hydrogen-bond acceptors (Lipinski definition) is 2. The molecule has 0 saturated heterocycles. The van der Waals surface area contributed by atoms with Crippen LogP contribution in [0, 0.1) is 11.7 Å². The molecule has 6 heteroatoms. The van der Waals surface area contributed by atoms with Crippen LogP contribution < -0.4 is 11.1 Å². The summed E-state index contributed by atoms with van der Waals surface area (Å²) in [7, 11) is 0. The second-order valence-corrected chi connectivity index (χ2v) is 4.42. The van der Waals surface area contributed by atoms with Gasteiger partial charge in [0.1, 0.15) is 5.82 Å². The normalized spacial score (nSPS) is 11.9. The molecule has 0 saturated carbocycles. The van der Waals surface area contributed by atoms with Crippen molar-refractivity contribution in [3.05, 3.63) is 29.0 Å². The van der Waals surface area contributed by atoms with Crippen molar-refractivity contribution in [2.45, 2.75) is 13.3 Å². The van der Waals surface area contributed by atoms with Gasteiger partial charge >= 0.3 is 0 Å². The predicted molar refractivity (Wildman–Crippen MR) is 70.6 cm³/mol. The maximum absolute atomic E-state index is 13.0. The lowest BCUT2D eigenvalue weighted by Crippen LogP contribution is -2.32. The molecule has 3 N–H and O–H groups in total. The average Bonchev–Trinajstić information content (AvgIpc) is 2.15. The monoisotopic (exact) mass is 274 g/mol. The Morgan fingerprint density at radius 1 is 1.59 bits per heavy atom. The molecule has 0 aliphatic heterocycles. The van der Waals surface area contributed by atoms with Crippen LogP contribution in [0.3, 0.4) is 0 Å². The summed E-state index contributed by atoms with van der Waals surface area (Å²) in [5, 5.41) is 2.74. The second-order valence-electron chi connectivity index (χ2n) is 3.51. The van der Waals surface area contributed by atoms with Crippen molar-refractivity contribution in [3.8, 4) is 0 Å². The van der Waals surface area contributed by atoms with E-state index in [9.17, 15) is 9.18 Å². The van der Waals surface area contributed by atoms with Crippen molar-refractivity contribution in [2.24, 2.45) is 11.7 Å². The summed E-state index contributed by atoms with van der Waals surface area (Å²) in [5.74, 6) is -1.44. The van der Waals surface area contributed by atoms with E-state index in [2.05, 4.69) is 5.32 Å². The van der Waals surface area contributed by atoms with Crippen LogP contribution in [0.5, 0.6) is 0 Å². The fourth-order valence-corrected chi connectivity index (χ4v) is 1.87. The fraction of sp³-hybridized carbons (Fsp3) is 0.273. The van der Waals surface area contributed by atoms with Crippen LogP contribution in [-0.2, 0) is 4.79 Å². The Hall–Kier alpha value is -1.20. The van der Waals surface area contributed by atoms with E-state index in [-0.39, 0.29) is 21.6 Å². The molecule has 1 amide bonds. The molecule has 92 valence electrons.